The standard InChI is InChI=1S/C14H13F6NO2S/c15-13(16,17)9-5-8-7-21(12(23)14(18,19)20)2-1-10(8)11(6-9)24-4-3-22/h5-6,22H,1-4,7H2. The Morgan fingerprint density at radius 1 is 1.21 bits per heavy atom. The predicted molar refractivity (Wildman–Crippen MR) is 74.4 cm³/mol. The van der Waals surface area contributed by atoms with Gasteiger partial charge in [-0.2, -0.15) is 26.3 Å². The van der Waals surface area contributed by atoms with Crippen molar-refractivity contribution in [2.45, 2.75) is 30.2 Å². The monoisotopic (exact) mass is 373 g/mol. The van der Waals surface area contributed by atoms with Gasteiger partial charge < -0.3 is 10.0 Å². The van der Waals surface area contributed by atoms with Crippen LogP contribution in [0.5, 0.6) is 0 Å². The minimum atomic E-state index is -5.06. The van der Waals surface area contributed by atoms with Crippen molar-refractivity contribution in [3.05, 3.63) is 28.8 Å². The zero-order valence-electron chi connectivity index (χ0n) is 12.2. The molecule has 0 spiro atoms. The maximum absolute atomic E-state index is 13.0. The molecule has 0 unspecified atom stereocenters. The number of aliphatic hydroxyl groups is 1. The molecule has 2 rings (SSSR count). The Balaban J connectivity index is 2.39. The number of fused-ring (bicyclic) bond motifs is 1. The van der Waals surface area contributed by atoms with Gasteiger partial charge >= 0.3 is 18.3 Å². The summed E-state index contributed by atoms with van der Waals surface area (Å²) in [4.78, 5) is 12.1. The third kappa shape index (κ3) is 4.15. The van der Waals surface area contributed by atoms with Crippen LogP contribution in [0.1, 0.15) is 16.7 Å². The number of carbonyl (C=O) groups is 1. The summed E-state index contributed by atoms with van der Waals surface area (Å²) in [6.45, 7) is -0.984. The fourth-order valence-electron chi connectivity index (χ4n) is 2.46. The number of nitrogens with zero attached hydrogens (tertiary/aromatic N) is 1. The molecule has 0 aliphatic carbocycles. The van der Waals surface area contributed by atoms with E-state index in [4.69, 9.17) is 5.11 Å². The Bertz CT molecular complexity index is 629. The van der Waals surface area contributed by atoms with E-state index in [-0.39, 0.29) is 35.8 Å². The molecule has 0 saturated carbocycles. The minimum absolute atomic E-state index is 0.0308. The average Bonchev–Trinajstić information content (AvgIpc) is 2.49. The molecule has 0 aromatic heterocycles. The summed E-state index contributed by atoms with van der Waals surface area (Å²) in [6.07, 6.45) is -9.68. The second kappa shape index (κ2) is 6.83. The first kappa shape index (κ1) is 18.9. The lowest BCUT2D eigenvalue weighted by Gasteiger charge is -2.31. The predicted octanol–water partition coefficient (Wildman–Crippen LogP) is 3.24. The van der Waals surface area contributed by atoms with Gasteiger partial charge in [0.2, 0.25) is 0 Å². The number of amides is 1. The largest absolute Gasteiger partial charge is 0.471 e. The molecule has 1 aromatic rings. The van der Waals surface area contributed by atoms with E-state index in [1.54, 1.807) is 0 Å². The van der Waals surface area contributed by atoms with Crippen molar-refractivity contribution >= 4 is 17.7 Å². The van der Waals surface area contributed by atoms with E-state index in [2.05, 4.69) is 0 Å². The average molecular weight is 373 g/mol. The number of hydrogen-bond acceptors (Lipinski definition) is 3. The van der Waals surface area contributed by atoms with Gasteiger partial charge in [-0.3, -0.25) is 4.79 Å². The van der Waals surface area contributed by atoms with Crippen molar-refractivity contribution in [1.29, 1.82) is 0 Å². The van der Waals surface area contributed by atoms with Crippen molar-refractivity contribution in [3.63, 3.8) is 0 Å². The summed E-state index contributed by atoms with van der Waals surface area (Å²) >= 11 is 1.00. The van der Waals surface area contributed by atoms with Gasteiger partial charge in [-0.15, -0.1) is 11.8 Å². The number of benzene rings is 1. The van der Waals surface area contributed by atoms with E-state index in [1.807, 2.05) is 0 Å². The highest BCUT2D eigenvalue weighted by atomic mass is 32.2. The smallest absolute Gasteiger partial charge is 0.396 e. The fraction of sp³-hybridized carbons (Fsp3) is 0.500. The Hall–Kier alpha value is -1.42. The van der Waals surface area contributed by atoms with Gasteiger partial charge in [-0.1, -0.05) is 0 Å². The van der Waals surface area contributed by atoms with E-state index in [0.717, 1.165) is 23.9 Å². The summed E-state index contributed by atoms with van der Waals surface area (Å²) in [7, 11) is 0. The summed E-state index contributed by atoms with van der Waals surface area (Å²) in [5.74, 6) is -1.89. The van der Waals surface area contributed by atoms with Gasteiger partial charge in [0.1, 0.15) is 0 Å². The van der Waals surface area contributed by atoms with Crippen LogP contribution in [0.3, 0.4) is 0 Å². The van der Waals surface area contributed by atoms with Crippen molar-refractivity contribution in [2.24, 2.45) is 0 Å². The van der Waals surface area contributed by atoms with Crippen LogP contribution in [0.2, 0.25) is 0 Å². The highest BCUT2D eigenvalue weighted by Gasteiger charge is 2.43. The second-order valence-electron chi connectivity index (χ2n) is 5.16. The quantitative estimate of drug-likeness (QED) is 0.653. The number of halogens is 6. The van der Waals surface area contributed by atoms with Crippen LogP contribution in [0.15, 0.2) is 17.0 Å². The third-order valence-corrected chi connectivity index (χ3v) is 4.56. The molecule has 1 aromatic carbocycles. The van der Waals surface area contributed by atoms with E-state index < -0.39 is 30.4 Å². The molecule has 0 saturated heterocycles. The molecular weight excluding hydrogens is 360 g/mol. The van der Waals surface area contributed by atoms with Gasteiger partial charge in [-0.05, 0) is 29.7 Å². The first-order chi connectivity index (χ1) is 11.0. The number of thioether (sulfide) groups is 1. The van der Waals surface area contributed by atoms with Gasteiger partial charge in [0.25, 0.3) is 0 Å². The van der Waals surface area contributed by atoms with Crippen LogP contribution in [-0.2, 0) is 23.9 Å². The number of hydrogen-bond donors (Lipinski definition) is 1. The minimum Gasteiger partial charge on any atom is -0.396 e. The molecule has 10 heteroatoms. The Labute approximate surface area is 137 Å². The van der Waals surface area contributed by atoms with Crippen LogP contribution >= 0.6 is 11.8 Å². The molecule has 1 amide bonds. The number of rotatable bonds is 3. The Morgan fingerprint density at radius 2 is 1.88 bits per heavy atom. The number of carbonyl (C=O) groups excluding carboxylic acids is 1. The van der Waals surface area contributed by atoms with Gasteiger partial charge in [0, 0.05) is 23.7 Å². The molecule has 1 heterocycles. The first-order valence-corrected chi connectivity index (χ1v) is 7.85. The van der Waals surface area contributed by atoms with Gasteiger partial charge in [0.15, 0.2) is 0 Å². The fourth-order valence-corrected chi connectivity index (χ4v) is 3.39. The van der Waals surface area contributed by atoms with Crippen molar-refractivity contribution < 1.29 is 36.2 Å². The molecule has 134 valence electrons. The number of aliphatic hydroxyl groups excluding tert-OH is 1. The summed E-state index contributed by atoms with van der Waals surface area (Å²) in [6, 6.07) is 1.72. The molecule has 1 aliphatic heterocycles. The molecule has 1 aliphatic rings. The van der Waals surface area contributed by atoms with E-state index >= 15 is 0 Å². The van der Waals surface area contributed by atoms with Crippen molar-refractivity contribution in [2.75, 3.05) is 18.9 Å². The van der Waals surface area contributed by atoms with Crippen LogP contribution in [-0.4, -0.2) is 41.0 Å². The SMILES string of the molecule is O=C(N1CCc2c(cc(C(F)(F)F)cc2SCCO)C1)C(F)(F)F. The summed E-state index contributed by atoms with van der Waals surface area (Å²) in [5, 5.41) is 8.84. The van der Waals surface area contributed by atoms with Gasteiger partial charge in [-0.25, -0.2) is 0 Å². The zero-order valence-corrected chi connectivity index (χ0v) is 13.0. The van der Waals surface area contributed by atoms with Crippen LogP contribution in [0.25, 0.3) is 0 Å². The van der Waals surface area contributed by atoms with Crippen LogP contribution in [0, 0.1) is 0 Å². The molecule has 24 heavy (non-hydrogen) atoms. The van der Waals surface area contributed by atoms with E-state index in [0.29, 0.717) is 10.5 Å². The van der Waals surface area contributed by atoms with Crippen LogP contribution in [0.4, 0.5) is 26.3 Å². The summed E-state index contributed by atoms with van der Waals surface area (Å²) < 4.78 is 76.5. The molecular formula is C14H13F6NO2S. The molecule has 0 radical (unpaired) electrons. The van der Waals surface area contributed by atoms with Gasteiger partial charge in [0.05, 0.1) is 12.2 Å². The summed E-state index contributed by atoms with van der Waals surface area (Å²) in [5.41, 5.74) is -0.440. The highest BCUT2D eigenvalue weighted by molar-refractivity contribution is 7.99. The lowest BCUT2D eigenvalue weighted by molar-refractivity contribution is -0.186. The lowest BCUT2D eigenvalue weighted by Crippen LogP contribution is -2.43. The maximum Gasteiger partial charge on any atom is 0.471 e. The Kier molecular flexibility index (Phi) is 5.38. The Morgan fingerprint density at radius 3 is 2.42 bits per heavy atom. The van der Waals surface area contributed by atoms with Crippen LogP contribution < -0.4 is 0 Å². The molecule has 3 nitrogen and oxygen atoms in total. The van der Waals surface area contributed by atoms with E-state index in [9.17, 15) is 31.1 Å². The normalized spacial score (nSPS) is 15.4. The third-order valence-electron chi connectivity index (χ3n) is 3.50. The van der Waals surface area contributed by atoms with Crippen molar-refractivity contribution in [1.82, 2.24) is 4.90 Å². The maximum atomic E-state index is 13.0. The molecule has 0 fully saturated rings. The molecule has 1 N–H and O–H groups in total. The molecule has 0 bridgehead atoms. The van der Waals surface area contributed by atoms with E-state index in [1.165, 1.54) is 0 Å². The highest BCUT2D eigenvalue weighted by Crippen LogP contribution is 2.38. The number of alkyl halides is 6. The zero-order chi connectivity index (χ0) is 18.1. The lowest BCUT2D eigenvalue weighted by atomic mass is 9.97. The topological polar surface area (TPSA) is 40.5 Å². The second-order valence-corrected chi connectivity index (χ2v) is 6.29. The van der Waals surface area contributed by atoms with Crippen molar-refractivity contribution in [3.8, 4) is 0 Å². The first-order valence-electron chi connectivity index (χ1n) is 6.86. The molecule has 0 atom stereocenters.